The summed E-state index contributed by atoms with van der Waals surface area (Å²) in [6, 6.07) is 14.6. The second kappa shape index (κ2) is 8.44. The van der Waals surface area contributed by atoms with Gasteiger partial charge in [-0.25, -0.2) is 9.67 Å². The van der Waals surface area contributed by atoms with Gasteiger partial charge in [0.25, 0.3) is 5.56 Å². The minimum absolute atomic E-state index is 0.127. The SMILES string of the molecule is CC(C)C[C@H](NC(=O)CCn1nnc2ccccc2c1=O)c1nc2ccccc2[nH]1. The fourth-order valence-corrected chi connectivity index (χ4v) is 3.49. The van der Waals surface area contributed by atoms with E-state index in [1.807, 2.05) is 24.3 Å². The van der Waals surface area contributed by atoms with Gasteiger partial charge in [-0.15, -0.1) is 5.10 Å². The molecular weight excluding hydrogens is 380 g/mol. The molecule has 1 atom stereocenters. The smallest absolute Gasteiger partial charge is 0.277 e. The second-order valence-electron chi connectivity index (χ2n) is 7.77. The summed E-state index contributed by atoms with van der Waals surface area (Å²) < 4.78 is 1.24. The van der Waals surface area contributed by atoms with Gasteiger partial charge in [0.05, 0.1) is 29.0 Å². The van der Waals surface area contributed by atoms with Gasteiger partial charge in [0.1, 0.15) is 11.3 Å². The summed E-state index contributed by atoms with van der Waals surface area (Å²) in [6.07, 6.45) is 0.878. The Labute approximate surface area is 173 Å². The summed E-state index contributed by atoms with van der Waals surface area (Å²) in [5.74, 6) is 0.946. The number of fused-ring (bicyclic) bond motifs is 2. The normalized spacial score (nSPS) is 12.5. The summed E-state index contributed by atoms with van der Waals surface area (Å²) in [5.41, 5.74) is 2.11. The fraction of sp³-hybridized carbons (Fsp3) is 0.318. The van der Waals surface area contributed by atoms with Crippen LogP contribution in [-0.2, 0) is 11.3 Å². The van der Waals surface area contributed by atoms with Crippen molar-refractivity contribution in [3.8, 4) is 0 Å². The summed E-state index contributed by atoms with van der Waals surface area (Å²) in [4.78, 5) is 33.1. The highest BCUT2D eigenvalue weighted by molar-refractivity contribution is 5.78. The van der Waals surface area contributed by atoms with Gasteiger partial charge in [-0.2, -0.15) is 0 Å². The number of aryl methyl sites for hydroxylation is 1. The molecule has 8 heteroatoms. The molecule has 0 unspecified atom stereocenters. The number of imidazole rings is 1. The molecule has 0 aliphatic heterocycles. The number of nitrogens with zero attached hydrogens (tertiary/aromatic N) is 4. The monoisotopic (exact) mass is 404 g/mol. The zero-order valence-corrected chi connectivity index (χ0v) is 17.0. The van der Waals surface area contributed by atoms with Gasteiger partial charge in [0.15, 0.2) is 0 Å². The second-order valence-corrected chi connectivity index (χ2v) is 7.77. The molecule has 2 aromatic heterocycles. The maximum Gasteiger partial charge on any atom is 0.277 e. The van der Waals surface area contributed by atoms with Crippen LogP contribution < -0.4 is 10.9 Å². The largest absolute Gasteiger partial charge is 0.346 e. The number of amides is 1. The van der Waals surface area contributed by atoms with Gasteiger partial charge in [-0.05, 0) is 36.6 Å². The van der Waals surface area contributed by atoms with Crippen molar-refractivity contribution in [3.63, 3.8) is 0 Å². The van der Waals surface area contributed by atoms with Crippen LogP contribution in [0.3, 0.4) is 0 Å². The molecule has 30 heavy (non-hydrogen) atoms. The van der Waals surface area contributed by atoms with E-state index in [2.05, 4.69) is 39.4 Å². The van der Waals surface area contributed by atoms with E-state index in [0.29, 0.717) is 16.8 Å². The first-order chi connectivity index (χ1) is 14.5. The third-order valence-electron chi connectivity index (χ3n) is 4.96. The highest BCUT2D eigenvalue weighted by Crippen LogP contribution is 2.22. The van der Waals surface area contributed by atoms with Crippen molar-refractivity contribution in [2.24, 2.45) is 5.92 Å². The van der Waals surface area contributed by atoms with E-state index in [-0.39, 0.29) is 30.5 Å². The molecular formula is C22H24N6O2. The maximum absolute atomic E-state index is 12.7. The van der Waals surface area contributed by atoms with E-state index in [0.717, 1.165) is 23.3 Å². The Morgan fingerprint density at radius 3 is 2.60 bits per heavy atom. The Morgan fingerprint density at radius 1 is 1.10 bits per heavy atom. The van der Waals surface area contributed by atoms with Crippen molar-refractivity contribution < 1.29 is 4.79 Å². The van der Waals surface area contributed by atoms with Crippen LogP contribution in [-0.4, -0.2) is 30.9 Å². The molecule has 0 aliphatic carbocycles. The van der Waals surface area contributed by atoms with Gasteiger partial charge < -0.3 is 10.3 Å². The zero-order chi connectivity index (χ0) is 21.1. The number of benzene rings is 2. The Hall–Kier alpha value is -3.55. The zero-order valence-electron chi connectivity index (χ0n) is 17.0. The lowest BCUT2D eigenvalue weighted by Crippen LogP contribution is -2.32. The number of aromatic amines is 1. The highest BCUT2D eigenvalue weighted by atomic mass is 16.2. The molecule has 0 saturated carbocycles. The minimum atomic E-state index is -0.246. The van der Waals surface area contributed by atoms with Crippen LogP contribution in [0.4, 0.5) is 0 Å². The van der Waals surface area contributed by atoms with Crippen LogP contribution in [0.25, 0.3) is 21.9 Å². The summed E-state index contributed by atoms with van der Waals surface area (Å²) in [7, 11) is 0. The molecule has 2 N–H and O–H groups in total. The molecule has 0 fully saturated rings. The minimum Gasteiger partial charge on any atom is -0.346 e. The lowest BCUT2D eigenvalue weighted by Gasteiger charge is -2.18. The van der Waals surface area contributed by atoms with Crippen LogP contribution in [0, 0.1) is 5.92 Å². The first-order valence-electron chi connectivity index (χ1n) is 10.1. The first-order valence-corrected chi connectivity index (χ1v) is 10.1. The molecule has 0 bridgehead atoms. The number of nitrogens with one attached hydrogen (secondary N) is 2. The predicted octanol–water partition coefficient (Wildman–Crippen LogP) is 2.96. The number of H-pyrrole nitrogens is 1. The van der Waals surface area contributed by atoms with E-state index in [9.17, 15) is 9.59 Å². The van der Waals surface area contributed by atoms with Crippen molar-refractivity contribution in [1.82, 2.24) is 30.3 Å². The van der Waals surface area contributed by atoms with Crippen molar-refractivity contribution in [2.45, 2.75) is 39.3 Å². The quantitative estimate of drug-likeness (QED) is 0.493. The third kappa shape index (κ3) is 4.22. The van der Waals surface area contributed by atoms with Gasteiger partial charge in [-0.1, -0.05) is 43.3 Å². The standard InChI is InChI=1S/C22H24N6O2/c1-14(2)13-19(21-24-17-9-5-6-10-18(17)25-21)23-20(29)11-12-28-22(30)15-7-3-4-8-16(15)26-27-28/h3-10,14,19H,11-13H2,1-2H3,(H,23,29)(H,24,25)/t19-/m0/s1. The van der Waals surface area contributed by atoms with E-state index in [1.165, 1.54) is 4.68 Å². The Kier molecular flexibility index (Phi) is 5.56. The number of hydrogen-bond donors (Lipinski definition) is 2. The number of hydrogen-bond acceptors (Lipinski definition) is 5. The van der Waals surface area contributed by atoms with E-state index < -0.39 is 0 Å². The maximum atomic E-state index is 12.7. The van der Waals surface area contributed by atoms with Gasteiger partial charge >= 0.3 is 0 Å². The summed E-state index contributed by atoms with van der Waals surface area (Å²) in [5, 5.41) is 11.6. The lowest BCUT2D eigenvalue weighted by atomic mass is 10.0. The number of carbonyl (C=O) groups excluding carboxylic acids is 1. The van der Waals surface area contributed by atoms with E-state index in [1.54, 1.807) is 24.3 Å². The highest BCUT2D eigenvalue weighted by Gasteiger charge is 2.20. The van der Waals surface area contributed by atoms with Crippen LogP contribution in [0.5, 0.6) is 0 Å². The van der Waals surface area contributed by atoms with Crippen LogP contribution in [0.15, 0.2) is 53.3 Å². The molecule has 2 aromatic carbocycles. The Bertz CT molecular complexity index is 1210. The molecule has 8 nitrogen and oxygen atoms in total. The number of rotatable bonds is 7. The number of carbonyl (C=O) groups is 1. The Balaban J connectivity index is 1.48. The topological polar surface area (TPSA) is 106 Å². The third-order valence-corrected chi connectivity index (χ3v) is 4.96. The van der Waals surface area contributed by atoms with Gasteiger partial charge in [0, 0.05) is 6.42 Å². The van der Waals surface area contributed by atoms with Gasteiger partial charge in [-0.3, -0.25) is 9.59 Å². The van der Waals surface area contributed by atoms with Crippen LogP contribution >= 0.6 is 0 Å². The molecule has 4 aromatic rings. The lowest BCUT2D eigenvalue weighted by molar-refractivity contribution is -0.122. The number of para-hydroxylation sites is 2. The first kappa shape index (κ1) is 19.8. The Morgan fingerprint density at radius 2 is 1.83 bits per heavy atom. The van der Waals surface area contributed by atoms with Crippen molar-refractivity contribution in [3.05, 3.63) is 64.7 Å². The molecule has 2 heterocycles. The molecule has 4 rings (SSSR count). The average Bonchev–Trinajstić information content (AvgIpc) is 3.17. The molecule has 0 aliphatic rings. The van der Waals surface area contributed by atoms with E-state index in [4.69, 9.17) is 0 Å². The molecule has 0 spiro atoms. The van der Waals surface area contributed by atoms with Crippen molar-refractivity contribution >= 4 is 27.8 Å². The van der Waals surface area contributed by atoms with E-state index >= 15 is 0 Å². The van der Waals surface area contributed by atoms with Crippen LogP contribution in [0.1, 0.15) is 38.6 Å². The molecule has 1 amide bonds. The summed E-state index contributed by atoms with van der Waals surface area (Å²) in [6.45, 7) is 4.37. The van der Waals surface area contributed by atoms with Gasteiger partial charge in [0.2, 0.25) is 5.91 Å². The predicted molar refractivity (Wildman–Crippen MR) is 115 cm³/mol. The summed E-state index contributed by atoms with van der Waals surface area (Å²) >= 11 is 0. The molecule has 154 valence electrons. The molecule has 0 radical (unpaired) electrons. The number of aromatic nitrogens is 5. The molecule has 0 saturated heterocycles. The average molecular weight is 404 g/mol. The van der Waals surface area contributed by atoms with Crippen LogP contribution in [0.2, 0.25) is 0 Å². The fourth-order valence-electron chi connectivity index (χ4n) is 3.49. The van der Waals surface area contributed by atoms with Crippen molar-refractivity contribution in [1.29, 1.82) is 0 Å². The van der Waals surface area contributed by atoms with Crippen molar-refractivity contribution in [2.75, 3.05) is 0 Å².